The van der Waals surface area contributed by atoms with Gasteiger partial charge in [-0.2, -0.15) is 0 Å². The molecule has 2 rings (SSSR count). The molecule has 0 fully saturated rings. The number of halogens is 1. The topological polar surface area (TPSA) is 60.2 Å². The molecular weight excluding hydrogens is 290 g/mol. The van der Waals surface area contributed by atoms with Crippen LogP contribution in [0.2, 0.25) is 5.02 Å². The van der Waals surface area contributed by atoms with Crippen LogP contribution in [-0.4, -0.2) is 16.9 Å². The van der Waals surface area contributed by atoms with Crippen LogP contribution in [0.3, 0.4) is 0 Å². The van der Waals surface area contributed by atoms with Crippen molar-refractivity contribution < 1.29 is 9.37 Å². The predicted molar refractivity (Wildman–Crippen MR) is 81.4 cm³/mol. The summed E-state index contributed by atoms with van der Waals surface area (Å²) in [5.41, 5.74) is 2.53. The second-order valence-corrected chi connectivity index (χ2v) is 5.78. The molecule has 5 nitrogen and oxygen atoms in total. The van der Waals surface area contributed by atoms with Crippen molar-refractivity contribution in [1.82, 2.24) is 15.6 Å². The fourth-order valence-electron chi connectivity index (χ4n) is 1.80. The maximum Gasteiger partial charge on any atom is 0.145 e. The Hall–Kier alpha value is -1.59. The minimum atomic E-state index is 0.292. The first-order valence-electron chi connectivity index (χ1n) is 6.96. The van der Waals surface area contributed by atoms with Gasteiger partial charge >= 0.3 is 0 Å². The first-order chi connectivity index (χ1) is 10.1. The van der Waals surface area contributed by atoms with E-state index in [9.17, 15) is 0 Å². The highest BCUT2D eigenvalue weighted by Gasteiger charge is 2.08. The number of rotatable bonds is 7. The first kappa shape index (κ1) is 15.8. The van der Waals surface area contributed by atoms with E-state index in [1.54, 1.807) is 0 Å². The van der Waals surface area contributed by atoms with Gasteiger partial charge in [-0.1, -0.05) is 41.8 Å². The fourth-order valence-corrected chi connectivity index (χ4v) is 2.06. The van der Waals surface area contributed by atoms with Crippen molar-refractivity contribution in [2.24, 2.45) is 5.92 Å². The van der Waals surface area contributed by atoms with Gasteiger partial charge in [-0.05, 0) is 37.1 Å². The van der Waals surface area contributed by atoms with Crippen LogP contribution in [-0.2, 0) is 13.2 Å². The Morgan fingerprint density at radius 1 is 1.33 bits per heavy atom. The molecule has 0 unspecified atom stereocenters. The molecule has 0 saturated carbocycles. The van der Waals surface area contributed by atoms with Crippen molar-refractivity contribution in [3.05, 3.63) is 40.2 Å². The smallest absolute Gasteiger partial charge is 0.145 e. The lowest BCUT2D eigenvalue weighted by atomic mass is 10.2. The van der Waals surface area contributed by atoms with Gasteiger partial charge in [0.2, 0.25) is 0 Å². The van der Waals surface area contributed by atoms with E-state index in [1.807, 2.05) is 25.1 Å². The van der Waals surface area contributed by atoms with Gasteiger partial charge < -0.3 is 10.1 Å². The minimum Gasteiger partial charge on any atom is -0.486 e. The Labute approximate surface area is 129 Å². The largest absolute Gasteiger partial charge is 0.486 e. The van der Waals surface area contributed by atoms with Crippen molar-refractivity contribution in [3.63, 3.8) is 0 Å². The Balaban J connectivity index is 1.91. The Morgan fingerprint density at radius 3 is 2.76 bits per heavy atom. The standard InChI is InChI=1S/C15H20ClN3O2/c1-10(2)7-17-8-12-4-5-15(13(16)6-12)20-9-14-11(3)18-21-19-14/h4-6,10,17H,7-9H2,1-3H3. The molecule has 2 aromatic rings. The highest BCUT2D eigenvalue weighted by atomic mass is 35.5. The summed E-state index contributed by atoms with van der Waals surface area (Å²) < 4.78 is 10.3. The highest BCUT2D eigenvalue weighted by Crippen LogP contribution is 2.26. The van der Waals surface area contributed by atoms with E-state index in [0.717, 1.165) is 24.3 Å². The first-order valence-corrected chi connectivity index (χ1v) is 7.34. The number of aromatic nitrogens is 2. The lowest BCUT2D eigenvalue weighted by Crippen LogP contribution is -2.18. The average Bonchev–Trinajstić information content (AvgIpc) is 2.83. The third kappa shape index (κ3) is 4.72. The molecule has 6 heteroatoms. The molecule has 0 bridgehead atoms. The molecule has 0 aliphatic carbocycles. The molecule has 0 atom stereocenters. The van der Waals surface area contributed by atoms with Gasteiger partial charge in [-0.15, -0.1) is 0 Å². The van der Waals surface area contributed by atoms with Gasteiger partial charge in [-0.3, -0.25) is 0 Å². The van der Waals surface area contributed by atoms with Crippen LogP contribution in [0, 0.1) is 12.8 Å². The predicted octanol–water partition coefficient (Wildman–Crippen LogP) is 3.36. The number of benzene rings is 1. The van der Waals surface area contributed by atoms with E-state index in [1.165, 1.54) is 0 Å². The molecule has 0 aliphatic rings. The van der Waals surface area contributed by atoms with E-state index >= 15 is 0 Å². The van der Waals surface area contributed by atoms with Crippen molar-refractivity contribution in [1.29, 1.82) is 0 Å². The highest BCUT2D eigenvalue weighted by molar-refractivity contribution is 6.32. The van der Waals surface area contributed by atoms with E-state index in [2.05, 4.69) is 34.1 Å². The van der Waals surface area contributed by atoms with E-state index < -0.39 is 0 Å². The molecule has 1 heterocycles. The van der Waals surface area contributed by atoms with Crippen LogP contribution in [0.5, 0.6) is 5.75 Å². The molecule has 0 amide bonds. The number of hydrogen-bond acceptors (Lipinski definition) is 5. The summed E-state index contributed by atoms with van der Waals surface area (Å²) in [6.07, 6.45) is 0. The van der Waals surface area contributed by atoms with Gasteiger partial charge in [0, 0.05) is 6.54 Å². The number of nitrogens with one attached hydrogen (secondary N) is 1. The molecular formula is C15H20ClN3O2. The molecule has 1 N–H and O–H groups in total. The van der Waals surface area contributed by atoms with Crippen molar-refractivity contribution in [2.45, 2.75) is 33.9 Å². The normalized spacial score (nSPS) is 11.1. The number of ether oxygens (including phenoxy) is 1. The summed E-state index contributed by atoms with van der Waals surface area (Å²) in [5, 5.41) is 11.4. The summed E-state index contributed by atoms with van der Waals surface area (Å²) in [6.45, 7) is 8.24. The minimum absolute atomic E-state index is 0.292. The van der Waals surface area contributed by atoms with Gasteiger partial charge in [0.15, 0.2) is 0 Å². The van der Waals surface area contributed by atoms with Crippen LogP contribution in [0.15, 0.2) is 22.8 Å². The second-order valence-electron chi connectivity index (χ2n) is 5.37. The van der Waals surface area contributed by atoms with Crippen LogP contribution in [0.25, 0.3) is 0 Å². The third-order valence-electron chi connectivity index (χ3n) is 2.99. The number of aryl methyl sites for hydroxylation is 1. The zero-order valence-electron chi connectivity index (χ0n) is 12.5. The van der Waals surface area contributed by atoms with Crippen LogP contribution < -0.4 is 10.1 Å². The average molecular weight is 310 g/mol. The molecule has 0 aliphatic heterocycles. The van der Waals surface area contributed by atoms with E-state index in [0.29, 0.717) is 29.0 Å². The number of hydrogen-bond donors (Lipinski definition) is 1. The molecule has 0 radical (unpaired) electrons. The van der Waals surface area contributed by atoms with E-state index in [4.69, 9.17) is 16.3 Å². The van der Waals surface area contributed by atoms with Gasteiger partial charge in [-0.25, -0.2) is 4.63 Å². The lowest BCUT2D eigenvalue weighted by molar-refractivity contribution is 0.270. The van der Waals surface area contributed by atoms with Crippen molar-refractivity contribution >= 4 is 11.6 Å². The fraction of sp³-hybridized carbons (Fsp3) is 0.467. The zero-order valence-corrected chi connectivity index (χ0v) is 13.3. The summed E-state index contributed by atoms with van der Waals surface area (Å²) in [6, 6.07) is 5.79. The van der Waals surface area contributed by atoms with Gasteiger partial charge in [0.25, 0.3) is 0 Å². The Morgan fingerprint density at radius 2 is 2.14 bits per heavy atom. The van der Waals surface area contributed by atoms with Gasteiger partial charge in [0.1, 0.15) is 23.7 Å². The summed E-state index contributed by atoms with van der Waals surface area (Å²) >= 11 is 6.24. The third-order valence-corrected chi connectivity index (χ3v) is 3.28. The lowest BCUT2D eigenvalue weighted by Gasteiger charge is -2.10. The molecule has 0 spiro atoms. The van der Waals surface area contributed by atoms with Crippen molar-refractivity contribution in [2.75, 3.05) is 6.54 Å². The second kappa shape index (κ2) is 7.43. The Bertz CT molecular complexity index is 584. The molecule has 21 heavy (non-hydrogen) atoms. The molecule has 1 aromatic heterocycles. The quantitative estimate of drug-likeness (QED) is 0.850. The Kier molecular flexibility index (Phi) is 5.59. The molecule has 1 aromatic carbocycles. The summed E-state index contributed by atoms with van der Waals surface area (Å²) in [7, 11) is 0. The van der Waals surface area contributed by atoms with Gasteiger partial charge in [0.05, 0.1) is 5.02 Å². The van der Waals surface area contributed by atoms with Crippen LogP contribution in [0.1, 0.15) is 30.8 Å². The summed E-state index contributed by atoms with van der Waals surface area (Å²) in [4.78, 5) is 0. The van der Waals surface area contributed by atoms with E-state index in [-0.39, 0.29) is 0 Å². The maximum atomic E-state index is 6.24. The maximum absolute atomic E-state index is 6.24. The zero-order chi connectivity index (χ0) is 15.2. The van der Waals surface area contributed by atoms with Crippen LogP contribution >= 0.6 is 11.6 Å². The summed E-state index contributed by atoms with van der Waals surface area (Å²) in [5.74, 6) is 1.26. The molecule has 0 saturated heterocycles. The monoisotopic (exact) mass is 309 g/mol. The number of nitrogens with zero attached hydrogens (tertiary/aromatic N) is 2. The molecule has 114 valence electrons. The van der Waals surface area contributed by atoms with Crippen LogP contribution in [0.4, 0.5) is 0 Å². The van der Waals surface area contributed by atoms with Crippen molar-refractivity contribution in [3.8, 4) is 5.75 Å². The SMILES string of the molecule is Cc1nonc1COc1ccc(CNCC(C)C)cc1Cl.